The number of benzene rings is 1. The topological polar surface area (TPSA) is 203 Å². The van der Waals surface area contributed by atoms with E-state index in [0.29, 0.717) is 12.2 Å². The molecule has 1 atom stereocenters. The molecule has 204 valence electrons. The van der Waals surface area contributed by atoms with Crippen LogP contribution in [-0.2, 0) is 25.0 Å². The molecule has 0 bridgehead atoms. The van der Waals surface area contributed by atoms with Crippen LogP contribution < -0.4 is 21.5 Å². The van der Waals surface area contributed by atoms with Gasteiger partial charge in [0, 0.05) is 24.7 Å². The molecular weight excluding hydrogens is 517 g/mol. The number of fused-ring (bicyclic) bond motifs is 1. The number of hydrogen-bond donors (Lipinski definition) is 4. The number of hydrogen-bond acceptors (Lipinski definition) is 11. The third-order valence-corrected chi connectivity index (χ3v) is 7.77. The Labute approximate surface area is 218 Å². The molecule has 14 nitrogen and oxygen atoms in total. The molecular formula is C23H30N7O7P. The average molecular weight is 548 g/mol. The Morgan fingerprint density at radius 2 is 1.84 bits per heavy atom. The molecule has 38 heavy (non-hydrogen) atoms. The normalized spacial score (nSPS) is 12.3. The number of anilines is 2. The van der Waals surface area contributed by atoms with Crippen LogP contribution in [0.25, 0.3) is 11.2 Å². The summed E-state index contributed by atoms with van der Waals surface area (Å²) >= 11 is 0. The SMILES string of the molecule is CCOP(=O)(OCC)[C@H](CCC(=O)O)NC(=O)c1ccc(N(C)Cc2cnc3nc(N)[nH]c(=O)c3n2)cc1. The van der Waals surface area contributed by atoms with Crippen LogP contribution in [0, 0.1) is 0 Å². The van der Waals surface area contributed by atoms with E-state index < -0.39 is 30.8 Å². The second-order valence-corrected chi connectivity index (χ2v) is 10.4. The minimum absolute atomic E-state index is 0.0439. The first-order valence-electron chi connectivity index (χ1n) is 11.8. The molecule has 0 spiro atoms. The van der Waals surface area contributed by atoms with E-state index in [9.17, 15) is 18.9 Å². The number of carbonyl (C=O) groups excluding carboxylic acids is 1. The van der Waals surface area contributed by atoms with Crippen LogP contribution in [0.15, 0.2) is 35.3 Å². The maximum Gasteiger partial charge on any atom is 0.352 e. The van der Waals surface area contributed by atoms with Gasteiger partial charge >= 0.3 is 13.6 Å². The van der Waals surface area contributed by atoms with Crippen LogP contribution in [0.2, 0.25) is 0 Å². The van der Waals surface area contributed by atoms with Crippen LogP contribution in [0.5, 0.6) is 0 Å². The zero-order valence-electron chi connectivity index (χ0n) is 21.2. The van der Waals surface area contributed by atoms with Crippen molar-refractivity contribution in [2.24, 2.45) is 0 Å². The molecule has 0 aliphatic carbocycles. The fourth-order valence-corrected chi connectivity index (χ4v) is 5.50. The number of carboxylic acid groups (broad SMARTS) is 1. The quantitative estimate of drug-likeness (QED) is 0.227. The summed E-state index contributed by atoms with van der Waals surface area (Å²) in [6.45, 7) is 3.70. The highest BCUT2D eigenvalue weighted by Crippen LogP contribution is 2.53. The Balaban J connectivity index is 1.73. The van der Waals surface area contributed by atoms with Gasteiger partial charge in [-0.05, 0) is 44.5 Å². The lowest BCUT2D eigenvalue weighted by molar-refractivity contribution is -0.137. The predicted molar refractivity (Wildman–Crippen MR) is 140 cm³/mol. The van der Waals surface area contributed by atoms with Crippen molar-refractivity contribution in [3.8, 4) is 0 Å². The number of aromatic amines is 1. The number of nitrogen functional groups attached to an aromatic ring is 1. The molecule has 0 aliphatic heterocycles. The van der Waals surface area contributed by atoms with E-state index >= 15 is 0 Å². The van der Waals surface area contributed by atoms with Gasteiger partial charge < -0.3 is 30.1 Å². The minimum Gasteiger partial charge on any atom is -0.481 e. The molecule has 0 unspecified atom stereocenters. The number of aliphatic carboxylic acids is 1. The molecule has 1 aromatic carbocycles. The van der Waals surface area contributed by atoms with E-state index in [0.717, 1.165) is 5.69 Å². The van der Waals surface area contributed by atoms with Gasteiger partial charge in [0.2, 0.25) is 5.95 Å². The Morgan fingerprint density at radius 1 is 1.18 bits per heavy atom. The zero-order chi connectivity index (χ0) is 27.9. The van der Waals surface area contributed by atoms with Crippen molar-refractivity contribution in [2.45, 2.75) is 39.0 Å². The fourth-order valence-electron chi connectivity index (χ4n) is 3.63. The fraction of sp³-hybridized carbons (Fsp3) is 0.391. The number of nitrogens with two attached hydrogens (primary N) is 1. The predicted octanol–water partition coefficient (Wildman–Crippen LogP) is 2.12. The first kappa shape index (κ1) is 28.7. The lowest BCUT2D eigenvalue weighted by Crippen LogP contribution is -2.36. The van der Waals surface area contributed by atoms with Crippen molar-refractivity contribution in [2.75, 3.05) is 30.9 Å². The lowest BCUT2D eigenvalue weighted by atomic mass is 10.1. The van der Waals surface area contributed by atoms with Gasteiger partial charge in [0.25, 0.3) is 11.5 Å². The van der Waals surface area contributed by atoms with E-state index in [1.54, 1.807) is 45.2 Å². The van der Waals surface area contributed by atoms with Crippen LogP contribution in [0.3, 0.4) is 0 Å². The molecule has 2 heterocycles. The van der Waals surface area contributed by atoms with Crippen molar-refractivity contribution in [3.63, 3.8) is 0 Å². The number of carboxylic acids is 1. The first-order chi connectivity index (χ1) is 18.1. The van der Waals surface area contributed by atoms with Gasteiger partial charge in [-0.25, -0.2) is 9.97 Å². The number of rotatable bonds is 13. The van der Waals surface area contributed by atoms with Gasteiger partial charge in [0.15, 0.2) is 11.2 Å². The second-order valence-electron chi connectivity index (χ2n) is 8.18. The summed E-state index contributed by atoms with van der Waals surface area (Å²) in [5.74, 6) is -2.83. The maximum atomic E-state index is 13.2. The zero-order valence-corrected chi connectivity index (χ0v) is 22.1. The highest BCUT2D eigenvalue weighted by molar-refractivity contribution is 7.54. The highest BCUT2D eigenvalue weighted by Gasteiger charge is 2.37. The molecule has 0 fully saturated rings. The van der Waals surface area contributed by atoms with Crippen molar-refractivity contribution < 1.29 is 28.3 Å². The molecule has 5 N–H and O–H groups in total. The molecule has 2 aromatic heterocycles. The second kappa shape index (κ2) is 12.6. The van der Waals surface area contributed by atoms with Gasteiger partial charge in [0.1, 0.15) is 5.78 Å². The Kier molecular flexibility index (Phi) is 9.50. The molecule has 0 saturated carbocycles. The van der Waals surface area contributed by atoms with Crippen molar-refractivity contribution >= 4 is 42.3 Å². The monoisotopic (exact) mass is 547 g/mol. The molecule has 0 saturated heterocycles. The molecule has 0 radical (unpaired) electrons. The van der Waals surface area contributed by atoms with Gasteiger partial charge in [-0.1, -0.05) is 0 Å². The number of aromatic nitrogens is 4. The van der Waals surface area contributed by atoms with Crippen LogP contribution in [0.1, 0.15) is 42.7 Å². The molecule has 15 heteroatoms. The van der Waals surface area contributed by atoms with E-state index in [-0.39, 0.29) is 48.7 Å². The minimum atomic E-state index is -3.80. The van der Waals surface area contributed by atoms with Crippen molar-refractivity contribution in [3.05, 3.63) is 52.1 Å². The summed E-state index contributed by atoms with van der Waals surface area (Å²) < 4.78 is 23.9. The van der Waals surface area contributed by atoms with Gasteiger partial charge in [-0.15, -0.1) is 0 Å². The van der Waals surface area contributed by atoms with E-state index in [1.807, 2.05) is 4.90 Å². The summed E-state index contributed by atoms with van der Waals surface area (Å²) in [4.78, 5) is 52.8. The maximum absolute atomic E-state index is 13.2. The van der Waals surface area contributed by atoms with E-state index in [4.69, 9.17) is 19.9 Å². The van der Waals surface area contributed by atoms with Crippen LogP contribution in [0.4, 0.5) is 11.6 Å². The van der Waals surface area contributed by atoms with Crippen LogP contribution >= 0.6 is 7.60 Å². The Bertz CT molecular complexity index is 1390. The van der Waals surface area contributed by atoms with Crippen LogP contribution in [-0.4, -0.2) is 63.0 Å². The van der Waals surface area contributed by atoms with Crippen molar-refractivity contribution in [1.82, 2.24) is 25.3 Å². The molecule has 3 rings (SSSR count). The van der Waals surface area contributed by atoms with Gasteiger partial charge in [-0.3, -0.25) is 23.9 Å². The number of H-pyrrole nitrogens is 1. The number of amides is 1. The standard InChI is InChI=1S/C23H30N7O7P/c1-4-36-38(35,37-5-2)17(10-11-18(31)32)27-21(33)14-6-8-16(9-7-14)30(3)13-15-12-25-20-19(26-15)22(34)29-23(24)28-20/h6-9,12,17H,4-5,10-11,13H2,1-3H3,(H,27,33)(H,31,32)(H3,24,25,28,29,34)/t17-/m1/s1. The number of nitrogens with zero attached hydrogens (tertiary/aromatic N) is 4. The summed E-state index contributed by atoms with van der Waals surface area (Å²) in [7, 11) is -2.00. The lowest BCUT2D eigenvalue weighted by Gasteiger charge is -2.27. The average Bonchev–Trinajstić information content (AvgIpc) is 2.87. The number of nitrogens with one attached hydrogen (secondary N) is 2. The highest BCUT2D eigenvalue weighted by atomic mass is 31.2. The summed E-state index contributed by atoms with van der Waals surface area (Å²) in [6.07, 6.45) is 1.04. The number of carbonyl (C=O) groups is 2. The Hall–Kier alpha value is -3.87. The van der Waals surface area contributed by atoms with Gasteiger partial charge in [-0.2, -0.15) is 4.98 Å². The Morgan fingerprint density at radius 3 is 2.45 bits per heavy atom. The summed E-state index contributed by atoms with van der Waals surface area (Å²) in [5, 5.41) is 11.7. The molecule has 1 amide bonds. The molecule has 3 aromatic rings. The summed E-state index contributed by atoms with van der Waals surface area (Å²) in [5.41, 5.74) is 6.79. The first-order valence-corrected chi connectivity index (χ1v) is 13.4. The summed E-state index contributed by atoms with van der Waals surface area (Å²) in [6, 6.07) is 6.56. The third-order valence-electron chi connectivity index (χ3n) is 5.38. The van der Waals surface area contributed by atoms with E-state index in [2.05, 4.69) is 25.3 Å². The van der Waals surface area contributed by atoms with Crippen molar-refractivity contribution in [1.29, 1.82) is 0 Å². The largest absolute Gasteiger partial charge is 0.481 e. The third kappa shape index (κ3) is 7.12. The van der Waals surface area contributed by atoms with Gasteiger partial charge in [0.05, 0.1) is 31.6 Å². The smallest absolute Gasteiger partial charge is 0.352 e. The molecule has 0 aliphatic rings. The van der Waals surface area contributed by atoms with E-state index in [1.165, 1.54) is 6.20 Å².